The highest BCUT2D eigenvalue weighted by molar-refractivity contribution is 7.89. The van der Waals surface area contributed by atoms with E-state index in [1.165, 1.54) is 22.5 Å². The molecule has 162 valence electrons. The van der Waals surface area contributed by atoms with Crippen LogP contribution in [0.15, 0.2) is 29.2 Å². The minimum Gasteiger partial charge on any atom is -0.342 e. The van der Waals surface area contributed by atoms with E-state index in [1.54, 1.807) is 4.90 Å². The molecule has 0 aromatic heterocycles. The highest BCUT2D eigenvalue weighted by atomic mass is 32.2. The summed E-state index contributed by atoms with van der Waals surface area (Å²) in [5.41, 5.74) is 0. The van der Waals surface area contributed by atoms with Crippen LogP contribution >= 0.6 is 0 Å². The predicted octanol–water partition coefficient (Wildman–Crippen LogP) is 0.767. The Kier molecular flexibility index (Phi) is 6.61. The van der Waals surface area contributed by atoms with Gasteiger partial charge in [0.15, 0.2) is 0 Å². The average molecular weight is 448 g/mol. The minimum absolute atomic E-state index is 0.0225. The van der Waals surface area contributed by atoms with E-state index in [9.17, 15) is 26.0 Å². The molecule has 0 saturated carbocycles. The molecule has 1 aromatic rings. The Hall–Kier alpha value is -1.56. The van der Waals surface area contributed by atoms with E-state index in [1.807, 2.05) is 0 Å². The van der Waals surface area contributed by atoms with Gasteiger partial charge in [-0.2, -0.15) is 4.31 Å². The van der Waals surface area contributed by atoms with Gasteiger partial charge in [-0.15, -0.1) is 0 Å². The lowest BCUT2D eigenvalue weighted by Crippen LogP contribution is -2.49. The van der Waals surface area contributed by atoms with Crippen molar-refractivity contribution in [3.8, 4) is 0 Å². The molecule has 1 N–H and O–H groups in total. The third kappa shape index (κ3) is 5.33. The summed E-state index contributed by atoms with van der Waals surface area (Å²) in [5.74, 6) is -1.08. The topological polar surface area (TPSA) is 104 Å². The summed E-state index contributed by atoms with van der Waals surface area (Å²) in [5, 5.41) is 0. The number of halogens is 1. The van der Waals surface area contributed by atoms with Crippen molar-refractivity contribution in [2.24, 2.45) is 5.92 Å². The lowest BCUT2D eigenvalue weighted by Gasteiger charge is -2.37. The molecule has 0 aliphatic carbocycles. The van der Waals surface area contributed by atoms with Crippen molar-refractivity contribution in [2.45, 2.75) is 36.6 Å². The largest absolute Gasteiger partial charge is 0.342 e. The molecule has 0 radical (unpaired) electrons. The number of rotatable bonds is 5. The number of carbonyl (C=O) groups is 1. The number of amides is 1. The van der Waals surface area contributed by atoms with Crippen LogP contribution < -0.4 is 4.72 Å². The lowest BCUT2D eigenvalue weighted by molar-refractivity contribution is -0.137. The molecule has 0 atom stereocenters. The maximum absolute atomic E-state index is 13.9. The highest BCUT2D eigenvalue weighted by Crippen LogP contribution is 2.27. The highest BCUT2D eigenvalue weighted by Gasteiger charge is 2.35. The van der Waals surface area contributed by atoms with Gasteiger partial charge in [-0.25, -0.2) is 25.9 Å². The van der Waals surface area contributed by atoms with Crippen LogP contribution in [0.1, 0.15) is 25.7 Å². The van der Waals surface area contributed by atoms with Crippen LogP contribution in [0.5, 0.6) is 0 Å². The van der Waals surface area contributed by atoms with Gasteiger partial charge in [0.25, 0.3) is 0 Å². The van der Waals surface area contributed by atoms with Crippen LogP contribution in [0.4, 0.5) is 4.39 Å². The first-order valence-electron chi connectivity index (χ1n) is 9.59. The van der Waals surface area contributed by atoms with Gasteiger partial charge in [0.2, 0.25) is 26.0 Å². The van der Waals surface area contributed by atoms with Crippen LogP contribution in [0, 0.1) is 11.7 Å². The molecule has 0 spiro atoms. The molecule has 2 aliphatic rings. The number of benzene rings is 1. The van der Waals surface area contributed by atoms with Gasteiger partial charge in [0.05, 0.1) is 6.26 Å². The van der Waals surface area contributed by atoms with Gasteiger partial charge in [0.1, 0.15) is 10.7 Å². The molecule has 1 aromatic carbocycles. The summed E-state index contributed by atoms with van der Waals surface area (Å²) >= 11 is 0. The first-order chi connectivity index (χ1) is 13.6. The van der Waals surface area contributed by atoms with Crippen molar-refractivity contribution in [3.05, 3.63) is 30.1 Å². The van der Waals surface area contributed by atoms with E-state index < -0.39 is 25.9 Å². The number of hydrogen-bond acceptors (Lipinski definition) is 5. The maximum atomic E-state index is 13.9. The second kappa shape index (κ2) is 8.66. The van der Waals surface area contributed by atoms with Crippen molar-refractivity contribution in [1.29, 1.82) is 0 Å². The zero-order valence-corrected chi connectivity index (χ0v) is 17.9. The van der Waals surface area contributed by atoms with Gasteiger partial charge in [-0.3, -0.25) is 4.79 Å². The lowest BCUT2D eigenvalue weighted by atomic mass is 9.95. The molecule has 29 heavy (non-hydrogen) atoms. The van der Waals surface area contributed by atoms with Crippen LogP contribution in [-0.4, -0.2) is 70.4 Å². The summed E-state index contributed by atoms with van der Waals surface area (Å²) < 4.78 is 65.7. The van der Waals surface area contributed by atoms with Gasteiger partial charge in [-0.05, 0) is 37.8 Å². The summed E-state index contributed by atoms with van der Waals surface area (Å²) in [6.07, 6.45) is 2.99. The van der Waals surface area contributed by atoms with Gasteiger partial charge < -0.3 is 4.90 Å². The molecule has 2 saturated heterocycles. The van der Waals surface area contributed by atoms with Crippen molar-refractivity contribution < 1.29 is 26.0 Å². The number of nitrogens with one attached hydrogen (secondary N) is 1. The summed E-state index contributed by atoms with van der Waals surface area (Å²) in [6.45, 7) is 1.28. The predicted molar refractivity (Wildman–Crippen MR) is 105 cm³/mol. The number of likely N-dealkylation sites (tertiary alicyclic amines) is 1. The molecule has 0 bridgehead atoms. The standard InChI is InChI=1S/C18H26FN3O5S2/c1-28(24,25)20-15-8-10-21(11-9-15)18(23)14-6-12-22(13-7-14)29(26,27)17-5-3-2-4-16(17)19/h2-5,14-15,20H,6-13H2,1H3. The Morgan fingerprint density at radius 3 is 2.14 bits per heavy atom. The quantitative estimate of drug-likeness (QED) is 0.718. The number of piperidine rings is 2. The molecule has 2 aliphatic heterocycles. The van der Waals surface area contributed by atoms with Crippen molar-refractivity contribution >= 4 is 26.0 Å². The molecule has 8 nitrogen and oxygen atoms in total. The van der Waals surface area contributed by atoms with E-state index in [0.717, 1.165) is 12.3 Å². The van der Waals surface area contributed by atoms with Crippen molar-refractivity contribution in [1.82, 2.24) is 13.9 Å². The van der Waals surface area contributed by atoms with Gasteiger partial charge >= 0.3 is 0 Å². The van der Waals surface area contributed by atoms with E-state index in [2.05, 4.69) is 4.72 Å². The van der Waals surface area contributed by atoms with Gasteiger partial charge in [0, 0.05) is 38.1 Å². The number of hydrogen-bond donors (Lipinski definition) is 1. The second-order valence-electron chi connectivity index (χ2n) is 7.60. The molecular weight excluding hydrogens is 421 g/mol. The fourth-order valence-electron chi connectivity index (χ4n) is 3.91. The van der Waals surface area contributed by atoms with Crippen LogP contribution in [-0.2, 0) is 24.8 Å². The van der Waals surface area contributed by atoms with E-state index >= 15 is 0 Å². The Labute approximate surface area is 171 Å². The zero-order valence-electron chi connectivity index (χ0n) is 16.3. The normalized spacial score (nSPS) is 20.7. The molecular formula is C18H26FN3O5S2. The molecule has 1 amide bonds. The summed E-state index contributed by atoms with van der Waals surface area (Å²) in [6, 6.07) is 5.12. The van der Waals surface area contributed by atoms with Crippen molar-refractivity contribution in [2.75, 3.05) is 32.4 Å². The first-order valence-corrected chi connectivity index (χ1v) is 12.9. The number of nitrogens with zero attached hydrogens (tertiary/aromatic N) is 2. The monoisotopic (exact) mass is 447 g/mol. The van der Waals surface area contributed by atoms with Gasteiger partial charge in [-0.1, -0.05) is 12.1 Å². The molecule has 2 fully saturated rings. The molecule has 3 rings (SSSR count). The average Bonchev–Trinajstić information content (AvgIpc) is 2.67. The Morgan fingerprint density at radius 2 is 1.59 bits per heavy atom. The number of sulfonamides is 2. The van der Waals surface area contributed by atoms with Crippen LogP contribution in [0.3, 0.4) is 0 Å². The fourth-order valence-corrected chi connectivity index (χ4v) is 6.29. The molecule has 11 heteroatoms. The van der Waals surface area contributed by atoms with E-state index in [4.69, 9.17) is 0 Å². The zero-order chi connectivity index (χ0) is 21.2. The number of carbonyl (C=O) groups excluding carboxylic acids is 1. The Balaban J connectivity index is 1.55. The van der Waals surface area contributed by atoms with Crippen molar-refractivity contribution in [3.63, 3.8) is 0 Å². The SMILES string of the molecule is CS(=O)(=O)NC1CCN(C(=O)C2CCN(S(=O)(=O)c3ccccc3F)CC2)CC1. The second-order valence-corrected chi connectivity index (χ2v) is 11.3. The first kappa shape index (κ1) is 22.1. The van der Waals surface area contributed by atoms with Crippen LogP contribution in [0.25, 0.3) is 0 Å². The Bertz CT molecular complexity index is 951. The maximum Gasteiger partial charge on any atom is 0.245 e. The Morgan fingerprint density at radius 1 is 1.00 bits per heavy atom. The summed E-state index contributed by atoms with van der Waals surface area (Å²) in [4.78, 5) is 14.2. The van der Waals surface area contributed by atoms with E-state index in [-0.39, 0.29) is 35.9 Å². The van der Waals surface area contributed by atoms with E-state index in [0.29, 0.717) is 38.8 Å². The molecule has 0 unspecified atom stereocenters. The third-order valence-corrected chi connectivity index (χ3v) is 8.14. The fraction of sp³-hybridized carbons (Fsp3) is 0.611. The van der Waals surface area contributed by atoms with Crippen LogP contribution in [0.2, 0.25) is 0 Å². The smallest absolute Gasteiger partial charge is 0.245 e. The molecule has 2 heterocycles. The minimum atomic E-state index is -3.92. The third-order valence-electron chi connectivity index (χ3n) is 5.45. The summed E-state index contributed by atoms with van der Waals surface area (Å²) in [7, 11) is -7.19.